The summed E-state index contributed by atoms with van der Waals surface area (Å²) >= 11 is 0. The van der Waals surface area contributed by atoms with E-state index in [9.17, 15) is 4.79 Å². The van der Waals surface area contributed by atoms with Crippen LogP contribution in [0.25, 0.3) is 0 Å². The molecule has 7 heteroatoms. The van der Waals surface area contributed by atoms with Crippen molar-refractivity contribution in [2.75, 3.05) is 18.5 Å². The highest BCUT2D eigenvalue weighted by atomic mass is 35.5. The summed E-state index contributed by atoms with van der Waals surface area (Å²) in [6, 6.07) is 3.22. The molecule has 1 aliphatic rings. The Morgan fingerprint density at radius 2 is 2.10 bits per heavy atom. The number of hydrogen-bond donors (Lipinski definition) is 2. The van der Waals surface area contributed by atoms with Crippen molar-refractivity contribution in [3.05, 3.63) is 23.9 Å². The standard InChI is InChI=1S/C13H19N3O2.2ClH/c1-9-2-5-15-11(8-9)16-13(17)12(14)10-3-6-18-7-4-10;;/h2,5,8,10,12H,3-4,6-7,14H2,1H3,(H,15,16,17);2*1H. The molecule has 3 N–H and O–H groups in total. The van der Waals surface area contributed by atoms with Crippen LogP contribution in [0.4, 0.5) is 5.82 Å². The van der Waals surface area contributed by atoms with E-state index in [1.807, 2.05) is 19.1 Å². The molecular weight excluding hydrogens is 301 g/mol. The molecule has 20 heavy (non-hydrogen) atoms. The molecule has 1 aromatic heterocycles. The monoisotopic (exact) mass is 321 g/mol. The van der Waals surface area contributed by atoms with Crippen LogP contribution in [0.5, 0.6) is 0 Å². The summed E-state index contributed by atoms with van der Waals surface area (Å²) in [5.74, 6) is 0.589. The second-order valence-corrected chi connectivity index (χ2v) is 4.68. The number of hydrogen-bond acceptors (Lipinski definition) is 4. The van der Waals surface area contributed by atoms with Gasteiger partial charge in [0.05, 0.1) is 6.04 Å². The predicted octanol–water partition coefficient (Wildman–Crippen LogP) is 1.93. The fourth-order valence-electron chi connectivity index (χ4n) is 2.10. The van der Waals surface area contributed by atoms with Gasteiger partial charge in [-0.3, -0.25) is 4.79 Å². The summed E-state index contributed by atoms with van der Waals surface area (Å²) in [5, 5.41) is 2.76. The largest absolute Gasteiger partial charge is 0.381 e. The van der Waals surface area contributed by atoms with Crippen LogP contribution in [0, 0.1) is 12.8 Å². The Kier molecular flexibility index (Phi) is 8.73. The number of nitrogens with two attached hydrogens (primary N) is 1. The zero-order chi connectivity index (χ0) is 13.0. The molecule has 2 rings (SSSR count). The van der Waals surface area contributed by atoms with E-state index in [1.165, 1.54) is 0 Å². The van der Waals surface area contributed by atoms with Gasteiger partial charge in [-0.25, -0.2) is 4.98 Å². The third kappa shape index (κ3) is 5.25. The van der Waals surface area contributed by atoms with Crippen LogP contribution in [0.15, 0.2) is 18.3 Å². The summed E-state index contributed by atoms with van der Waals surface area (Å²) in [7, 11) is 0. The van der Waals surface area contributed by atoms with Crippen molar-refractivity contribution in [3.8, 4) is 0 Å². The molecule has 1 saturated heterocycles. The van der Waals surface area contributed by atoms with Gasteiger partial charge in [-0.05, 0) is 43.4 Å². The van der Waals surface area contributed by atoms with Crippen molar-refractivity contribution >= 4 is 36.5 Å². The number of rotatable bonds is 3. The number of aromatic nitrogens is 1. The average molecular weight is 322 g/mol. The van der Waals surface area contributed by atoms with Crippen LogP contribution in [0.1, 0.15) is 18.4 Å². The Labute approximate surface area is 131 Å². The summed E-state index contributed by atoms with van der Waals surface area (Å²) < 4.78 is 5.26. The van der Waals surface area contributed by atoms with Gasteiger partial charge in [0.25, 0.3) is 0 Å². The Hall–Kier alpha value is -0.880. The molecule has 1 aliphatic heterocycles. The minimum absolute atomic E-state index is 0. The molecule has 0 radical (unpaired) electrons. The van der Waals surface area contributed by atoms with Crippen molar-refractivity contribution in [2.24, 2.45) is 11.7 Å². The molecule has 0 spiro atoms. The number of ether oxygens (including phenoxy) is 1. The van der Waals surface area contributed by atoms with Gasteiger partial charge in [0.15, 0.2) is 0 Å². The number of carbonyl (C=O) groups is 1. The van der Waals surface area contributed by atoms with Crippen molar-refractivity contribution in [3.63, 3.8) is 0 Å². The lowest BCUT2D eigenvalue weighted by atomic mass is 9.92. The van der Waals surface area contributed by atoms with E-state index >= 15 is 0 Å². The molecule has 5 nitrogen and oxygen atoms in total. The lowest BCUT2D eigenvalue weighted by Crippen LogP contribution is -2.44. The van der Waals surface area contributed by atoms with Crippen molar-refractivity contribution < 1.29 is 9.53 Å². The smallest absolute Gasteiger partial charge is 0.242 e. The van der Waals surface area contributed by atoms with Crippen molar-refractivity contribution in [1.82, 2.24) is 4.98 Å². The van der Waals surface area contributed by atoms with Crippen LogP contribution < -0.4 is 11.1 Å². The maximum absolute atomic E-state index is 12.0. The van der Waals surface area contributed by atoms with E-state index < -0.39 is 6.04 Å². The summed E-state index contributed by atoms with van der Waals surface area (Å²) in [6.45, 7) is 3.33. The third-order valence-corrected chi connectivity index (χ3v) is 3.24. The molecular formula is C13H21Cl2N3O2. The normalized spacial score (nSPS) is 16.5. The number of nitrogens with one attached hydrogen (secondary N) is 1. The predicted molar refractivity (Wildman–Crippen MR) is 83.6 cm³/mol. The van der Waals surface area contributed by atoms with Gasteiger partial charge >= 0.3 is 0 Å². The van der Waals surface area contributed by atoms with Gasteiger partial charge in [0.2, 0.25) is 5.91 Å². The highest BCUT2D eigenvalue weighted by molar-refractivity contribution is 5.94. The number of anilines is 1. The number of nitrogens with zero attached hydrogens (tertiary/aromatic N) is 1. The molecule has 0 bridgehead atoms. The van der Waals surface area contributed by atoms with E-state index in [-0.39, 0.29) is 36.6 Å². The minimum atomic E-state index is -0.490. The summed E-state index contributed by atoms with van der Waals surface area (Å²) in [5.41, 5.74) is 7.04. The van der Waals surface area contributed by atoms with E-state index in [2.05, 4.69) is 10.3 Å². The van der Waals surface area contributed by atoms with E-state index in [0.29, 0.717) is 19.0 Å². The molecule has 0 saturated carbocycles. The summed E-state index contributed by atoms with van der Waals surface area (Å²) in [4.78, 5) is 16.1. The molecule has 1 amide bonds. The zero-order valence-electron chi connectivity index (χ0n) is 11.4. The number of pyridine rings is 1. The maximum Gasteiger partial charge on any atom is 0.242 e. The first-order valence-electron chi connectivity index (χ1n) is 6.23. The van der Waals surface area contributed by atoms with Crippen LogP contribution in [0.3, 0.4) is 0 Å². The minimum Gasteiger partial charge on any atom is -0.381 e. The molecule has 0 aromatic carbocycles. The average Bonchev–Trinajstić information content (AvgIpc) is 2.39. The van der Waals surface area contributed by atoms with Crippen molar-refractivity contribution in [1.29, 1.82) is 0 Å². The molecule has 0 aliphatic carbocycles. The van der Waals surface area contributed by atoms with Crippen LogP contribution in [0.2, 0.25) is 0 Å². The Morgan fingerprint density at radius 3 is 2.70 bits per heavy atom. The third-order valence-electron chi connectivity index (χ3n) is 3.24. The number of aryl methyl sites for hydroxylation is 1. The molecule has 1 aromatic rings. The SMILES string of the molecule is Cc1ccnc(NC(=O)C(N)C2CCOCC2)c1.Cl.Cl. The highest BCUT2D eigenvalue weighted by Gasteiger charge is 2.26. The zero-order valence-corrected chi connectivity index (χ0v) is 13.0. The topological polar surface area (TPSA) is 77.2 Å². The second kappa shape index (κ2) is 9.13. The number of amides is 1. The van der Waals surface area contributed by atoms with Crippen LogP contribution >= 0.6 is 24.8 Å². The van der Waals surface area contributed by atoms with E-state index in [1.54, 1.807) is 6.20 Å². The fraction of sp³-hybridized carbons (Fsp3) is 0.538. The fourth-order valence-corrected chi connectivity index (χ4v) is 2.10. The van der Waals surface area contributed by atoms with Gasteiger partial charge in [-0.15, -0.1) is 24.8 Å². The van der Waals surface area contributed by atoms with Crippen LogP contribution in [-0.4, -0.2) is 30.1 Å². The maximum atomic E-state index is 12.0. The van der Waals surface area contributed by atoms with Gasteiger partial charge in [0.1, 0.15) is 5.82 Å². The van der Waals surface area contributed by atoms with Gasteiger partial charge in [-0.1, -0.05) is 0 Å². The number of halogens is 2. The molecule has 2 heterocycles. The number of carbonyl (C=O) groups excluding carboxylic acids is 1. The van der Waals surface area contributed by atoms with E-state index in [0.717, 1.165) is 18.4 Å². The molecule has 1 fully saturated rings. The van der Waals surface area contributed by atoms with Crippen molar-refractivity contribution in [2.45, 2.75) is 25.8 Å². The Morgan fingerprint density at radius 1 is 1.45 bits per heavy atom. The first-order valence-corrected chi connectivity index (χ1v) is 6.23. The quantitative estimate of drug-likeness (QED) is 0.891. The molecule has 114 valence electrons. The Balaban J connectivity index is 0.00000180. The molecule has 1 unspecified atom stereocenters. The highest BCUT2D eigenvalue weighted by Crippen LogP contribution is 2.18. The molecule has 1 atom stereocenters. The summed E-state index contributed by atoms with van der Waals surface area (Å²) in [6.07, 6.45) is 3.36. The van der Waals surface area contributed by atoms with E-state index in [4.69, 9.17) is 10.5 Å². The van der Waals surface area contributed by atoms with Gasteiger partial charge < -0.3 is 15.8 Å². The lowest BCUT2D eigenvalue weighted by Gasteiger charge is -2.26. The lowest BCUT2D eigenvalue weighted by molar-refractivity contribution is -0.119. The first kappa shape index (κ1) is 19.1. The second-order valence-electron chi connectivity index (χ2n) is 4.68. The van der Waals surface area contributed by atoms with Crippen LogP contribution in [-0.2, 0) is 9.53 Å². The first-order chi connectivity index (χ1) is 8.66. The Bertz CT molecular complexity index is 426. The van der Waals surface area contributed by atoms with Gasteiger partial charge in [-0.2, -0.15) is 0 Å². The van der Waals surface area contributed by atoms with Gasteiger partial charge in [0, 0.05) is 19.4 Å².